The van der Waals surface area contributed by atoms with Gasteiger partial charge in [-0.1, -0.05) is 0 Å². The minimum atomic E-state index is 0.131. The maximum absolute atomic E-state index is 12.0. The highest BCUT2D eigenvalue weighted by Gasteiger charge is 2.29. The van der Waals surface area contributed by atoms with Crippen molar-refractivity contribution in [1.29, 1.82) is 0 Å². The van der Waals surface area contributed by atoms with Gasteiger partial charge < -0.3 is 10.2 Å². The fourth-order valence-electron chi connectivity index (χ4n) is 2.42. The van der Waals surface area contributed by atoms with Crippen molar-refractivity contribution in [2.24, 2.45) is 0 Å². The first kappa shape index (κ1) is 11.6. The van der Waals surface area contributed by atoms with Crippen LogP contribution in [0, 0.1) is 0 Å². The second-order valence-electron chi connectivity index (χ2n) is 4.82. The molecule has 0 aliphatic carbocycles. The highest BCUT2D eigenvalue weighted by atomic mass is 16.2. The summed E-state index contributed by atoms with van der Waals surface area (Å²) < 4.78 is 1.57. The zero-order valence-electron chi connectivity index (χ0n) is 10.3. The summed E-state index contributed by atoms with van der Waals surface area (Å²) in [5.41, 5.74) is 0. The number of aromatic nitrogens is 3. The van der Waals surface area contributed by atoms with Crippen molar-refractivity contribution in [3.8, 4) is 0 Å². The Labute approximate surface area is 106 Å². The standard InChI is InChI=1S/C11H18N6O/c18-11(7-17-9-13-8-14-17)16-3-1-15(2-4-16)10-5-12-6-10/h8-10,12H,1-7H2. The summed E-state index contributed by atoms with van der Waals surface area (Å²) in [6.45, 7) is 6.09. The molecular formula is C11H18N6O. The number of piperazine rings is 1. The molecular weight excluding hydrogens is 232 g/mol. The molecule has 0 aromatic carbocycles. The van der Waals surface area contributed by atoms with Crippen LogP contribution in [0.25, 0.3) is 0 Å². The minimum Gasteiger partial charge on any atom is -0.339 e. The third-order valence-corrected chi connectivity index (χ3v) is 3.71. The van der Waals surface area contributed by atoms with Gasteiger partial charge in [-0.3, -0.25) is 9.69 Å². The van der Waals surface area contributed by atoms with Crippen LogP contribution in [0.4, 0.5) is 0 Å². The average molecular weight is 250 g/mol. The van der Waals surface area contributed by atoms with E-state index in [0.29, 0.717) is 12.6 Å². The number of hydrogen-bond donors (Lipinski definition) is 1. The second kappa shape index (κ2) is 5.03. The minimum absolute atomic E-state index is 0.131. The van der Waals surface area contributed by atoms with E-state index in [1.165, 1.54) is 6.33 Å². The topological polar surface area (TPSA) is 66.3 Å². The van der Waals surface area contributed by atoms with E-state index >= 15 is 0 Å². The predicted molar refractivity (Wildman–Crippen MR) is 64.8 cm³/mol. The zero-order chi connectivity index (χ0) is 12.4. The molecule has 18 heavy (non-hydrogen) atoms. The maximum Gasteiger partial charge on any atom is 0.244 e. The third kappa shape index (κ3) is 2.37. The number of carbonyl (C=O) groups is 1. The van der Waals surface area contributed by atoms with E-state index in [1.807, 2.05) is 4.90 Å². The van der Waals surface area contributed by atoms with Gasteiger partial charge in [-0.05, 0) is 0 Å². The molecule has 0 atom stereocenters. The second-order valence-corrected chi connectivity index (χ2v) is 4.82. The molecule has 0 unspecified atom stereocenters. The largest absolute Gasteiger partial charge is 0.339 e. The van der Waals surface area contributed by atoms with Crippen LogP contribution >= 0.6 is 0 Å². The van der Waals surface area contributed by atoms with Gasteiger partial charge in [0.25, 0.3) is 0 Å². The van der Waals surface area contributed by atoms with Crippen LogP contribution in [-0.2, 0) is 11.3 Å². The Morgan fingerprint density at radius 2 is 2.06 bits per heavy atom. The SMILES string of the molecule is O=C(Cn1cncn1)N1CCN(C2CNC2)CC1. The molecule has 1 amide bonds. The summed E-state index contributed by atoms with van der Waals surface area (Å²) in [6.07, 6.45) is 3.03. The molecule has 1 aromatic heterocycles. The van der Waals surface area contributed by atoms with Gasteiger partial charge in [0.1, 0.15) is 19.2 Å². The van der Waals surface area contributed by atoms with E-state index in [9.17, 15) is 4.79 Å². The van der Waals surface area contributed by atoms with Crippen LogP contribution in [-0.4, -0.2) is 75.8 Å². The lowest BCUT2D eigenvalue weighted by atomic mass is 10.1. The molecule has 1 N–H and O–H groups in total. The van der Waals surface area contributed by atoms with Crippen LogP contribution < -0.4 is 5.32 Å². The van der Waals surface area contributed by atoms with E-state index in [2.05, 4.69) is 20.3 Å². The lowest BCUT2D eigenvalue weighted by Crippen LogP contribution is -2.62. The van der Waals surface area contributed by atoms with Gasteiger partial charge in [-0.25, -0.2) is 9.67 Å². The average Bonchev–Trinajstić information content (AvgIpc) is 2.80. The van der Waals surface area contributed by atoms with Crippen molar-refractivity contribution in [2.45, 2.75) is 12.6 Å². The molecule has 3 heterocycles. The Morgan fingerprint density at radius 1 is 1.28 bits per heavy atom. The normalized spacial score (nSPS) is 21.9. The molecule has 0 radical (unpaired) electrons. The van der Waals surface area contributed by atoms with Gasteiger partial charge in [0.2, 0.25) is 5.91 Å². The van der Waals surface area contributed by atoms with Crippen LogP contribution in [0.5, 0.6) is 0 Å². The van der Waals surface area contributed by atoms with Gasteiger partial charge >= 0.3 is 0 Å². The fraction of sp³-hybridized carbons (Fsp3) is 0.727. The summed E-state index contributed by atoms with van der Waals surface area (Å²) >= 11 is 0. The van der Waals surface area contributed by atoms with Crippen molar-refractivity contribution in [3.05, 3.63) is 12.7 Å². The van der Waals surface area contributed by atoms with Gasteiger partial charge in [-0.15, -0.1) is 0 Å². The number of hydrogen-bond acceptors (Lipinski definition) is 5. The Hall–Kier alpha value is -1.47. The van der Waals surface area contributed by atoms with Crippen LogP contribution in [0.15, 0.2) is 12.7 Å². The maximum atomic E-state index is 12.0. The molecule has 2 fully saturated rings. The Kier molecular flexibility index (Phi) is 3.24. The van der Waals surface area contributed by atoms with Crippen LogP contribution in [0.3, 0.4) is 0 Å². The summed E-state index contributed by atoms with van der Waals surface area (Å²) in [5.74, 6) is 0.131. The third-order valence-electron chi connectivity index (χ3n) is 3.71. The van der Waals surface area contributed by atoms with Crippen molar-refractivity contribution >= 4 is 5.91 Å². The molecule has 2 aliphatic rings. The van der Waals surface area contributed by atoms with Crippen molar-refractivity contribution in [1.82, 2.24) is 29.9 Å². The first-order valence-corrected chi connectivity index (χ1v) is 6.38. The lowest BCUT2D eigenvalue weighted by molar-refractivity contribution is -0.134. The summed E-state index contributed by atoms with van der Waals surface area (Å²) in [7, 11) is 0. The summed E-state index contributed by atoms with van der Waals surface area (Å²) in [4.78, 5) is 20.3. The molecule has 3 rings (SSSR count). The molecule has 0 saturated carbocycles. The lowest BCUT2D eigenvalue weighted by Gasteiger charge is -2.43. The molecule has 7 nitrogen and oxygen atoms in total. The Morgan fingerprint density at radius 3 is 2.61 bits per heavy atom. The fourth-order valence-corrected chi connectivity index (χ4v) is 2.42. The smallest absolute Gasteiger partial charge is 0.244 e. The van der Waals surface area contributed by atoms with Crippen molar-refractivity contribution in [3.63, 3.8) is 0 Å². The molecule has 0 spiro atoms. The molecule has 7 heteroatoms. The van der Waals surface area contributed by atoms with Crippen molar-refractivity contribution in [2.75, 3.05) is 39.3 Å². The quantitative estimate of drug-likeness (QED) is 0.699. The highest BCUT2D eigenvalue weighted by molar-refractivity contribution is 5.76. The molecule has 0 bridgehead atoms. The molecule has 2 saturated heterocycles. The molecule has 1 aromatic rings. The van der Waals surface area contributed by atoms with Gasteiger partial charge in [0, 0.05) is 45.3 Å². The Bertz CT molecular complexity index is 394. The number of rotatable bonds is 3. The van der Waals surface area contributed by atoms with Crippen LogP contribution in [0.2, 0.25) is 0 Å². The van der Waals surface area contributed by atoms with Gasteiger partial charge in [-0.2, -0.15) is 5.10 Å². The molecule has 2 aliphatic heterocycles. The number of amides is 1. The van der Waals surface area contributed by atoms with E-state index < -0.39 is 0 Å². The van der Waals surface area contributed by atoms with Gasteiger partial charge in [0.05, 0.1) is 0 Å². The van der Waals surface area contributed by atoms with E-state index in [-0.39, 0.29) is 5.91 Å². The summed E-state index contributed by atoms with van der Waals surface area (Å²) in [6, 6.07) is 0.678. The Balaban J connectivity index is 1.48. The zero-order valence-corrected chi connectivity index (χ0v) is 10.3. The highest BCUT2D eigenvalue weighted by Crippen LogP contribution is 2.10. The van der Waals surface area contributed by atoms with Gasteiger partial charge in [0.15, 0.2) is 0 Å². The van der Waals surface area contributed by atoms with E-state index in [1.54, 1.807) is 11.0 Å². The first-order chi connectivity index (χ1) is 8.83. The monoisotopic (exact) mass is 250 g/mol. The van der Waals surface area contributed by atoms with E-state index in [4.69, 9.17) is 0 Å². The van der Waals surface area contributed by atoms with Crippen molar-refractivity contribution < 1.29 is 4.79 Å². The summed E-state index contributed by atoms with van der Waals surface area (Å²) in [5, 5.41) is 7.24. The molecule has 98 valence electrons. The first-order valence-electron chi connectivity index (χ1n) is 6.38. The predicted octanol–water partition coefficient (Wildman–Crippen LogP) is -1.61. The number of carbonyl (C=O) groups excluding carboxylic acids is 1. The van der Waals surface area contributed by atoms with Crippen LogP contribution in [0.1, 0.15) is 0 Å². The van der Waals surface area contributed by atoms with E-state index in [0.717, 1.165) is 39.3 Å². The number of nitrogens with one attached hydrogen (secondary N) is 1. The number of nitrogens with zero attached hydrogens (tertiary/aromatic N) is 5.